The van der Waals surface area contributed by atoms with E-state index in [1.807, 2.05) is 20.8 Å². The third-order valence-corrected chi connectivity index (χ3v) is 7.31. The molecule has 2 heterocycles. The zero-order valence-electron chi connectivity index (χ0n) is 23.4. The molecule has 0 aromatic carbocycles. The lowest BCUT2D eigenvalue weighted by molar-refractivity contribution is -0.155. The summed E-state index contributed by atoms with van der Waals surface area (Å²) in [6.07, 6.45) is 16.7. The molecule has 1 saturated carbocycles. The molecule has 0 bridgehead atoms. The Morgan fingerprint density at radius 1 is 1.14 bits per heavy atom. The Balaban J connectivity index is 1.35. The first-order valence-corrected chi connectivity index (χ1v) is 13.6. The van der Waals surface area contributed by atoms with Gasteiger partial charge in [0.25, 0.3) is 0 Å². The maximum absolute atomic E-state index is 12.3. The molecule has 2 saturated heterocycles. The molecule has 6 nitrogen and oxygen atoms in total. The minimum absolute atomic E-state index is 0.0511. The number of hydrogen-bond donors (Lipinski definition) is 1. The average molecular weight is 502 g/mol. The normalized spacial score (nSPS) is 31.5. The van der Waals surface area contributed by atoms with E-state index in [2.05, 4.69) is 44.3 Å². The first-order valence-electron chi connectivity index (χ1n) is 13.6. The minimum atomic E-state index is -0.553. The van der Waals surface area contributed by atoms with Gasteiger partial charge < -0.3 is 19.5 Å². The SMILES string of the molecule is CC(/C=C/[C@@H]1C[C@]2(CO2)CC(C)(C)O1)=C\C[C@H]1CC[C@@H](NC(=O)/C=C\[C@H](C)OC(=O)C(C)(C)C)CC1. The fourth-order valence-electron chi connectivity index (χ4n) is 5.22. The van der Waals surface area contributed by atoms with E-state index in [0.29, 0.717) is 5.92 Å². The van der Waals surface area contributed by atoms with E-state index < -0.39 is 11.5 Å². The van der Waals surface area contributed by atoms with Gasteiger partial charge in [-0.3, -0.25) is 9.59 Å². The summed E-state index contributed by atoms with van der Waals surface area (Å²) in [6, 6.07) is 0.208. The van der Waals surface area contributed by atoms with Gasteiger partial charge in [0.1, 0.15) is 6.10 Å². The summed E-state index contributed by atoms with van der Waals surface area (Å²) < 4.78 is 17.3. The Bertz CT molecular complexity index is 860. The van der Waals surface area contributed by atoms with E-state index >= 15 is 0 Å². The van der Waals surface area contributed by atoms with Crippen LogP contribution in [0.15, 0.2) is 36.0 Å². The molecule has 0 aromatic rings. The summed E-state index contributed by atoms with van der Waals surface area (Å²) in [5.41, 5.74) is 0.635. The molecular formula is C30H47NO5. The minimum Gasteiger partial charge on any atom is -0.458 e. The maximum atomic E-state index is 12.3. The quantitative estimate of drug-likeness (QED) is 0.196. The third kappa shape index (κ3) is 9.19. The molecule has 0 aromatic heterocycles. The zero-order chi connectivity index (χ0) is 26.6. The van der Waals surface area contributed by atoms with E-state index in [9.17, 15) is 9.59 Å². The fraction of sp³-hybridized carbons (Fsp3) is 0.733. The number of ether oxygens (including phenoxy) is 3. The van der Waals surface area contributed by atoms with Crippen LogP contribution in [0.5, 0.6) is 0 Å². The van der Waals surface area contributed by atoms with E-state index in [-0.39, 0.29) is 35.2 Å². The van der Waals surface area contributed by atoms with Gasteiger partial charge in [0.15, 0.2) is 0 Å². The van der Waals surface area contributed by atoms with Gasteiger partial charge in [-0.05, 0) is 92.6 Å². The first-order chi connectivity index (χ1) is 16.8. The van der Waals surface area contributed by atoms with Gasteiger partial charge in [0.05, 0.1) is 29.3 Å². The van der Waals surface area contributed by atoms with Crippen molar-refractivity contribution in [3.63, 3.8) is 0 Å². The number of nitrogens with one attached hydrogen (secondary N) is 1. The lowest BCUT2D eigenvalue weighted by Crippen LogP contribution is -2.43. The maximum Gasteiger partial charge on any atom is 0.311 e. The number of epoxide rings is 1. The summed E-state index contributed by atoms with van der Waals surface area (Å²) >= 11 is 0. The number of carbonyl (C=O) groups excluding carboxylic acids is 2. The predicted octanol–water partition coefficient (Wildman–Crippen LogP) is 5.81. The summed E-state index contributed by atoms with van der Waals surface area (Å²) in [5, 5.41) is 3.10. The Kier molecular flexibility index (Phi) is 9.26. The average Bonchev–Trinajstić information content (AvgIpc) is 3.51. The van der Waals surface area contributed by atoms with Crippen LogP contribution >= 0.6 is 0 Å². The molecule has 1 N–H and O–H groups in total. The molecule has 3 atom stereocenters. The molecule has 1 amide bonds. The molecule has 1 spiro atoms. The van der Waals surface area contributed by atoms with Crippen molar-refractivity contribution in [2.75, 3.05) is 6.61 Å². The highest BCUT2D eigenvalue weighted by molar-refractivity contribution is 5.87. The lowest BCUT2D eigenvalue weighted by atomic mass is 9.83. The highest BCUT2D eigenvalue weighted by Gasteiger charge is 2.53. The fourth-order valence-corrected chi connectivity index (χ4v) is 5.22. The number of hydrogen-bond acceptors (Lipinski definition) is 5. The predicted molar refractivity (Wildman–Crippen MR) is 142 cm³/mol. The van der Waals surface area contributed by atoms with Gasteiger partial charge in [0.2, 0.25) is 5.91 Å². The van der Waals surface area contributed by atoms with E-state index in [0.717, 1.165) is 51.6 Å². The molecule has 202 valence electrons. The summed E-state index contributed by atoms with van der Waals surface area (Å²) in [7, 11) is 0. The second kappa shape index (κ2) is 11.6. The van der Waals surface area contributed by atoms with Crippen LogP contribution in [-0.4, -0.2) is 47.9 Å². The molecular weight excluding hydrogens is 454 g/mol. The molecule has 0 unspecified atom stereocenters. The van der Waals surface area contributed by atoms with Crippen LogP contribution < -0.4 is 5.32 Å². The summed E-state index contributed by atoms with van der Waals surface area (Å²) in [5.74, 6) is 0.261. The smallest absolute Gasteiger partial charge is 0.311 e. The third-order valence-electron chi connectivity index (χ3n) is 7.31. The van der Waals surface area contributed by atoms with Crippen molar-refractivity contribution in [1.29, 1.82) is 0 Å². The van der Waals surface area contributed by atoms with E-state index in [1.165, 1.54) is 11.6 Å². The number of carbonyl (C=O) groups is 2. The Morgan fingerprint density at radius 3 is 2.42 bits per heavy atom. The van der Waals surface area contributed by atoms with Gasteiger partial charge in [-0.25, -0.2) is 0 Å². The van der Waals surface area contributed by atoms with E-state index in [4.69, 9.17) is 14.2 Å². The lowest BCUT2D eigenvalue weighted by Gasteiger charge is -2.38. The highest BCUT2D eigenvalue weighted by Crippen LogP contribution is 2.46. The van der Waals surface area contributed by atoms with Crippen molar-refractivity contribution in [1.82, 2.24) is 5.32 Å². The Morgan fingerprint density at radius 2 is 1.81 bits per heavy atom. The number of esters is 1. The molecule has 3 rings (SSSR count). The van der Waals surface area contributed by atoms with Gasteiger partial charge >= 0.3 is 5.97 Å². The molecule has 36 heavy (non-hydrogen) atoms. The highest BCUT2D eigenvalue weighted by atomic mass is 16.6. The number of allylic oxidation sites excluding steroid dienone is 3. The van der Waals surface area contributed by atoms with Crippen LogP contribution in [0.3, 0.4) is 0 Å². The molecule has 6 heteroatoms. The first kappa shape index (κ1) is 28.6. The van der Waals surface area contributed by atoms with Gasteiger partial charge in [0, 0.05) is 25.0 Å². The van der Waals surface area contributed by atoms with Crippen molar-refractivity contribution in [2.45, 2.75) is 123 Å². The number of rotatable bonds is 8. The summed E-state index contributed by atoms with van der Waals surface area (Å²) in [4.78, 5) is 24.3. The van der Waals surface area contributed by atoms with Crippen LogP contribution in [0.1, 0.15) is 93.4 Å². The molecule has 3 aliphatic rings. The second-order valence-electron chi connectivity index (χ2n) is 12.8. The van der Waals surface area contributed by atoms with Crippen LogP contribution in [0, 0.1) is 11.3 Å². The molecule has 0 radical (unpaired) electrons. The topological polar surface area (TPSA) is 77.2 Å². The number of amides is 1. The van der Waals surface area contributed by atoms with Crippen molar-refractivity contribution < 1.29 is 23.8 Å². The van der Waals surface area contributed by atoms with Gasteiger partial charge in [-0.2, -0.15) is 0 Å². The molecule has 3 fully saturated rings. The molecule has 2 aliphatic heterocycles. The van der Waals surface area contributed by atoms with Crippen molar-refractivity contribution in [3.8, 4) is 0 Å². The standard InChI is InChI=1S/C30H47NO5/c1-21(9-16-25-18-30(20-34-30)19-29(6,7)36-25)8-11-23-12-14-24(15-13-23)31-26(32)17-10-22(2)35-27(33)28(3,4)5/h8-10,16-17,22-25H,11-15,18-20H2,1-7H3,(H,31,32)/b16-9+,17-10-,21-8+/t22-,23-,24+,25+,30+/m0/s1. The summed E-state index contributed by atoms with van der Waals surface area (Å²) in [6.45, 7) is 14.5. The zero-order valence-corrected chi connectivity index (χ0v) is 23.4. The monoisotopic (exact) mass is 501 g/mol. The van der Waals surface area contributed by atoms with Crippen LogP contribution in [0.25, 0.3) is 0 Å². The molecule has 1 aliphatic carbocycles. The van der Waals surface area contributed by atoms with Crippen LogP contribution in [0.2, 0.25) is 0 Å². The van der Waals surface area contributed by atoms with E-state index in [1.54, 1.807) is 13.0 Å². The van der Waals surface area contributed by atoms with Crippen LogP contribution in [0.4, 0.5) is 0 Å². The Hall–Kier alpha value is -1.92. The van der Waals surface area contributed by atoms with Crippen molar-refractivity contribution >= 4 is 11.9 Å². The Labute approximate surface area is 217 Å². The second-order valence-corrected chi connectivity index (χ2v) is 12.8. The largest absolute Gasteiger partial charge is 0.458 e. The van der Waals surface area contributed by atoms with Crippen molar-refractivity contribution in [3.05, 3.63) is 36.0 Å². The van der Waals surface area contributed by atoms with Crippen LogP contribution in [-0.2, 0) is 23.8 Å². The van der Waals surface area contributed by atoms with Crippen molar-refractivity contribution in [2.24, 2.45) is 11.3 Å². The van der Waals surface area contributed by atoms with Gasteiger partial charge in [-0.1, -0.05) is 23.8 Å². The van der Waals surface area contributed by atoms with Gasteiger partial charge in [-0.15, -0.1) is 0 Å².